The Morgan fingerprint density at radius 1 is 1.44 bits per heavy atom. The second-order valence-electron chi connectivity index (χ2n) is 2.38. The van der Waals surface area contributed by atoms with Crippen LogP contribution < -0.4 is 0 Å². The van der Waals surface area contributed by atoms with E-state index in [1.807, 2.05) is 6.92 Å². The van der Waals surface area contributed by atoms with Crippen LogP contribution in [-0.2, 0) is 9.47 Å². The molecule has 0 bridgehead atoms. The largest absolute Gasteiger partial charge is 0.391 e. The van der Waals surface area contributed by atoms with Crippen LogP contribution in [0.15, 0.2) is 0 Å². The van der Waals surface area contributed by atoms with Crippen molar-refractivity contribution < 1.29 is 14.6 Å². The van der Waals surface area contributed by atoms with Gasteiger partial charge in [-0.2, -0.15) is 0 Å². The first-order chi connectivity index (χ1) is 4.33. The molecule has 1 rings (SSSR count). The van der Waals surface area contributed by atoms with E-state index in [0.29, 0.717) is 19.1 Å². The topological polar surface area (TPSA) is 38.7 Å². The van der Waals surface area contributed by atoms with E-state index < -0.39 is 0 Å². The number of aliphatic hydroxyl groups is 1. The van der Waals surface area contributed by atoms with E-state index in [-0.39, 0.29) is 12.9 Å². The van der Waals surface area contributed by atoms with E-state index in [2.05, 4.69) is 0 Å². The molecule has 9 heavy (non-hydrogen) atoms. The van der Waals surface area contributed by atoms with E-state index in [9.17, 15) is 0 Å². The summed E-state index contributed by atoms with van der Waals surface area (Å²) in [4.78, 5) is 0. The molecule has 0 aromatic carbocycles. The highest BCUT2D eigenvalue weighted by Crippen LogP contribution is 2.08. The predicted molar refractivity (Wildman–Crippen MR) is 31.9 cm³/mol. The molecule has 0 spiro atoms. The lowest BCUT2D eigenvalue weighted by Crippen LogP contribution is -2.32. The van der Waals surface area contributed by atoms with Crippen LogP contribution in [0.4, 0.5) is 0 Å². The highest BCUT2D eigenvalue weighted by Gasteiger charge is 2.17. The van der Waals surface area contributed by atoms with Crippen molar-refractivity contribution in [1.29, 1.82) is 0 Å². The quantitative estimate of drug-likeness (QED) is 0.545. The van der Waals surface area contributed by atoms with Crippen molar-refractivity contribution in [2.24, 2.45) is 5.92 Å². The van der Waals surface area contributed by atoms with Gasteiger partial charge < -0.3 is 14.6 Å². The summed E-state index contributed by atoms with van der Waals surface area (Å²) in [6.45, 7) is 3.41. The molecular formula is C6H12O3. The van der Waals surface area contributed by atoms with Gasteiger partial charge in [-0.3, -0.25) is 0 Å². The summed E-state index contributed by atoms with van der Waals surface area (Å²) < 4.78 is 10.1. The van der Waals surface area contributed by atoms with Crippen LogP contribution in [-0.4, -0.2) is 31.2 Å². The van der Waals surface area contributed by atoms with Gasteiger partial charge in [0.25, 0.3) is 0 Å². The highest BCUT2D eigenvalue weighted by molar-refractivity contribution is 4.56. The molecule has 0 unspecified atom stereocenters. The van der Waals surface area contributed by atoms with Gasteiger partial charge in [-0.25, -0.2) is 0 Å². The first-order valence-electron chi connectivity index (χ1n) is 3.17. The third-order valence-corrected chi connectivity index (χ3v) is 1.28. The Bertz CT molecular complexity index is 76.4. The minimum Gasteiger partial charge on any atom is -0.391 e. The molecule has 0 amide bonds. The second-order valence-corrected chi connectivity index (χ2v) is 2.38. The zero-order valence-corrected chi connectivity index (χ0v) is 5.54. The minimum atomic E-state index is -0.374. The van der Waals surface area contributed by atoms with Gasteiger partial charge in [-0.1, -0.05) is 6.92 Å². The third kappa shape index (κ3) is 1.93. The van der Waals surface area contributed by atoms with Crippen LogP contribution in [0, 0.1) is 5.92 Å². The number of aliphatic hydroxyl groups excluding tert-OH is 1. The lowest BCUT2D eigenvalue weighted by Gasteiger charge is -2.25. The average Bonchev–Trinajstić information content (AvgIpc) is 1.90. The van der Waals surface area contributed by atoms with Gasteiger partial charge >= 0.3 is 0 Å². The van der Waals surface area contributed by atoms with Crippen molar-refractivity contribution >= 4 is 0 Å². The van der Waals surface area contributed by atoms with E-state index in [1.54, 1.807) is 0 Å². The zero-order chi connectivity index (χ0) is 6.69. The normalized spacial score (nSPS) is 36.7. The van der Waals surface area contributed by atoms with Gasteiger partial charge in [-0.15, -0.1) is 0 Å². The maximum absolute atomic E-state index is 8.53. The molecule has 54 valence electrons. The SMILES string of the molecule is CC1COC(CO)OC1. The average molecular weight is 132 g/mol. The number of hydrogen-bond donors (Lipinski definition) is 1. The van der Waals surface area contributed by atoms with Gasteiger partial charge in [0, 0.05) is 5.92 Å². The lowest BCUT2D eigenvalue weighted by atomic mass is 10.2. The molecule has 1 saturated heterocycles. The van der Waals surface area contributed by atoms with E-state index in [1.165, 1.54) is 0 Å². The van der Waals surface area contributed by atoms with E-state index in [4.69, 9.17) is 14.6 Å². The summed E-state index contributed by atoms with van der Waals surface area (Å²) in [5.41, 5.74) is 0. The number of ether oxygens (including phenoxy) is 2. The Labute approximate surface area is 54.6 Å². The third-order valence-electron chi connectivity index (χ3n) is 1.28. The summed E-state index contributed by atoms with van der Waals surface area (Å²) in [5, 5.41) is 8.53. The van der Waals surface area contributed by atoms with Crippen molar-refractivity contribution in [2.45, 2.75) is 13.2 Å². The zero-order valence-electron chi connectivity index (χ0n) is 5.54. The molecule has 1 aliphatic rings. The van der Waals surface area contributed by atoms with Crippen LogP contribution in [0.2, 0.25) is 0 Å². The first-order valence-corrected chi connectivity index (χ1v) is 3.17. The molecule has 1 aliphatic heterocycles. The van der Waals surface area contributed by atoms with Gasteiger partial charge in [-0.05, 0) is 0 Å². The van der Waals surface area contributed by atoms with Crippen LogP contribution in [0.5, 0.6) is 0 Å². The molecule has 0 aliphatic carbocycles. The lowest BCUT2D eigenvalue weighted by molar-refractivity contribution is -0.212. The monoisotopic (exact) mass is 132 g/mol. The molecule has 0 atom stereocenters. The predicted octanol–water partition coefficient (Wildman–Crippen LogP) is -0.0123. The van der Waals surface area contributed by atoms with Gasteiger partial charge in [0.15, 0.2) is 6.29 Å². The van der Waals surface area contributed by atoms with Crippen LogP contribution in [0.1, 0.15) is 6.92 Å². The first kappa shape index (κ1) is 6.99. The molecule has 0 saturated carbocycles. The van der Waals surface area contributed by atoms with Crippen molar-refractivity contribution in [3.05, 3.63) is 0 Å². The van der Waals surface area contributed by atoms with E-state index >= 15 is 0 Å². The fourth-order valence-electron chi connectivity index (χ4n) is 0.745. The smallest absolute Gasteiger partial charge is 0.180 e. The van der Waals surface area contributed by atoms with Crippen molar-refractivity contribution in [1.82, 2.24) is 0 Å². The minimum absolute atomic E-state index is 0.0350. The Hall–Kier alpha value is -0.120. The number of hydrogen-bond acceptors (Lipinski definition) is 3. The Morgan fingerprint density at radius 3 is 2.44 bits per heavy atom. The highest BCUT2D eigenvalue weighted by atomic mass is 16.7. The number of rotatable bonds is 1. The molecular weight excluding hydrogens is 120 g/mol. The maximum Gasteiger partial charge on any atom is 0.180 e. The van der Waals surface area contributed by atoms with E-state index in [0.717, 1.165) is 0 Å². The van der Waals surface area contributed by atoms with Crippen LogP contribution in [0.25, 0.3) is 0 Å². The van der Waals surface area contributed by atoms with Gasteiger partial charge in [0.05, 0.1) is 19.8 Å². The fourth-order valence-corrected chi connectivity index (χ4v) is 0.745. The second kappa shape index (κ2) is 3.15. The molecule has 1 fully saturated rings. The molecule has 1 N–H and O–H groups in total. The summed E-state index contributed by atoms with van der Waals surface area (Å²) in [5.74, 6) is 0.466. The molecule has 0 radical (unpaired) electrons. The summed E-state index contributed by atoms with van der Waals surface area (Å²) in [6, 6.07) is 0. The Morgan fingerprint density at radius 2 is 2.00 bits per heavy atom. The fraction of sp³-hybridized carbons (Fsp3) is 1.00. The molecule has 0 aromatic rings. The van der Waals surface area contributed by atoms with Crippen molar-refractivity contribution in [3.8, 4) is 0 Å². The molecule has 0 aromatic heterocycles. The van der Waals surface area contributed by atoms with Crippen LogP contribution in [0.3, 0.4) is 0 Å². The van der Waals surface area contributed by atoms with Gasteiger partial charge in [0.1, 0.15) is 0 Å². The molecule has 1 heterocycles. The molecule has 3 nitrogen and oxygen atoms in total. The van der Waals surface area contributed by atoms with Gasteiger partial charge in [0.2, 0.25) is 0 Å². The Balaban J connectivity index is 2.18. The maximum atomic E-state index is 8.53. The summed E-state index contributed by atoms with van der Waals surface area (Å²) in [6.07, 6.45) is -0.374. The van der Waals surface area contributed by atoms with Crippen molar-refractivity contribution in [3.63, 3.8) is 0 Å². The summed E-state index contributed by atoms with van der Waals surface area (Å²) >= 11 is 0. The van der Waals surface area contributed by atoms with Crippen molar-refractivity contribution in [2.75, 3.05) is 19.8 Å². The molecule has 3 heteroatoms. The van der Waals surface area contributed by atoms with Crippen LogP contribution >= 0.6 is 0 Å². The standard InChI is InChI=1S/C6H12O3/c1-5-3-8-6(2-7)9-4-5/h5-7H,2-4H2,1H3. The summed E-state index contributed by atoms with van der Waals surface area (Å²) in [7, 11) is 0. The Kier molecular flexibility index (Phi) is 2.45.